The van der Waals surface area contributed by atoms with E-state index < -0.39 is 0 Å². The van der Waals surface area contributed by atoms with Gasteiger partial charge >= 0.3 is 0 Å². The predicted molar refractivity (Wildman–Crippen MR) is 81.2 cm³/mol. The molecule has 2 aliphatic carbocycles. The van der Waals surface area contributed by atoms with Crippen molar-refractivity contribution >= 4 is 11.0 Å². The van der Waals surface area contributed by atoms with Gasteiger partial charge in [0, 0.05) is 6.04 Å². The Hall–Kier alpha value is -1.61. The van der Waals surface area contributed by atoms with Crippen LogP contribution in [0.1, 0.15) is 25.6 Å². The number of aromatic amines is 1. The summed E-state index contributed by atoms with van der Waals surface area (Å²) in [5.74, 6) is 3.49. The highest BCUT2D eigenvalue weighted by atomic mass is 15.0. The second kappa shape index (κ2) is 4.74. The standard InChI is InChI=1S/C17H21N3/c1-11(14-9-12-6-7-13(14)8-12)18-10-17-19-15-4-2-3-5-16(15)20-17/h2-7,11-14,18H,8-10H2,1H3,(H,19,20). The Labute approximate surface area is 119 Å². The SMILES string of the molecule is CC(NCc1nc2ccccc2[nH]1)C1CC2C=CC1C2. The number of hydrogen-bond acceptors (Lipinski definition) is 2. The van der Waals surface area contributed by atoms with Gasteiger partial charge in [0.1, 0.15) is 5.82 Å². The van der Waals surface area contributed by atoms with E-state index in [0.717, 1.165) is 41.2 Å². The molecule has 0 spiro atoms. The van der Waals surface area contributed by atoms with Gasteiger partial charge in [-0.15, -0.1) is 0 Å². The Bertz CT molecular complexity index is 609. The molecule has 0 aliphatic heterocycles. The van der Waals surface area contributed by atoms with E-state index >= 15 is 0 Å². The molecule has 1 aromatic heterocycles. The normalized spacial score (nSPS) is 29.4. The van der Waals surface area contributed by atoms with Crippen LogP contribution in [0.25, 0.3) is 11.0 Å². The second-order valence-corrected chi connectivity index (χ2v) is 6.31. The molecule has 4 unspecified atom stereocenters. The van der Waals surface area contributed by atoms with Crippen LogP contribution in [0.5, 0.6) is 0 Å². The van der Waals surface area contributed by atoms with Gasteiger partial charge in [-0.1, -0.05) is 24.3 Å². The molecule has 1 saturated carbocycles. The zero-order valence-electron chi connectivity index (χ0n) is 11.8. The van der Waals surface area contributed by atoms with Crippen LogP contribution in [0.3, 0.4) is 0 Å². The van der Waals surface area contributed by atoms with Crippen LogP contribution >= 0.6 is 0 Å². The zero-order chi connectivity index (χ0) is 13.5. The number of benzene rings is 1. The van der Waals surface area contributed by atoms with E-state index in [4.69, 9.17) is 0 Å². The molecule has 1 fully saturated rings. The van der Waals surface area contributed by atoms with E-state index in [-0.39, 0.29) is 0 Å². The predicted octanol–water partition coefficient (Wildman–Crippen LogP) is 3.25. The monoisotopic (exact) mass is 267 g/mol. The number of aromatic nitrogens is 2. The number of H-pyrrole nitrogens is 1. The third-order valence-electron chi connectivity index (χ3n) is 5.00. The summed E-state index contributed by atoms with van der Waals surface area (Å²) in [4.78, 5) is 8.02. The van der Waals surface area contributed by atoms with Gasteiger partial charge in [-0.05, 0) is 49.7 Å². The van der Waals surface area contributed by atoms with Gasteiger partial charge in [-0.3, -0.25) is 0 Å². The van der Waals surface area contributed by atoms with E-state index in [1.807, 2.05) is 12.1 Å². The van der Waals surface area contributed by atoms with Crippen LogP contribution in [0.4, 0.5) is 0 Å². The van der Waals surface area contributed by atoms with Crippen LogP contribution < -0.4 is 5.32 Å². The maximum absolute atomic E-state index is 4.63. The van der Waals surface area contributed by atoms with Crippen LogP contribution in [0.15, 0.2) is 36.4 Å². The summed E-state index contributed by atoms with van der Waals surface area (Å²) in [7, 11) is 0. The molecule has 4 atom stereocenters. The van der Waals surface area contributed by atoms with E-state index in [1.54, 1.807) is 0 Å². The summed E-state index contributed by atoms with van der Waals surface area (Å²) >= 11 is 0. The Morgan fingerprint density at radius 3 is 2.95 bits per heavy atom. The molecule has 3 heteroatoms. The minimum absolute atomic E-state index is 0.558. The minimum atomic E-state index is 0.558. The smallest absolute Gasteiger partial charge is 0.121 e. The first kappa shape index (κ1) is 12.2. The molecule has 0 saturated heterocycles. The highest BCUT2D eigenvalue weighted by Crippen LogP contribution is 2.44. The van der Waals surface area contributed by atoms with Crippen molar-refractivity contribution in [3.8, 4) is 0 Å². The Balaban J connectivity index is 1.41. The molecule has 3 nitrogen and oxygen atoms in total. The maximum atomic E-state index is 4.63. The highest BCUT2D eigenvalue weighted by Gasteiger charge is 2.38. The summed E-state index contributed by atoms with van der Waals surface area (Å²) in [6.07, 6.45) is 7.57. The zero-order valence-corrected chi connectivity index (χ0v) is 11.8. The molecule has 0 amide bonds. The minimum Gasteiger partial charge on any atom is -0.341 e. The molecule has 2 bridgehead atoms. The van der Waals surface area contributed by atoms with Crippen LogP contribution in [-0.2, 0) is 6.54 Å². The number of fused-ring (bicyclic) bond motifs is 3. The number of nitrogens with zero attached hydrogens (tertiary/aromatic N) is 1. The summed E-state index contributed by atoms with van der Waals surface area (Å²) in [5.41, 5.74) is 2.18. The van der Waals surface area contributed by atoms with Crippen molar-refractivity contribution in [1.29, 1.82) is 0 Å². The molecule has 2 aromatic rings. The van der Waals surface area contributed by atoms with Crippen molar-refractivity contribution < 1.29 is 0 Å². The number of hydrogen-bond donors (Lipinski definition) is 2. The maximum Gasteiger partial charge on any atom is 0.121 e. The van der Waals surface area contributed by atoms with Gasteiger partial charge in [-0.2, -0.15) is 0 Å². The lowest BCUT2D eigenvalue weighted by Gasteiger charge is -2.26. The van der Waals surface area contributed by atoms with Crippen molar-refractivity contribution in [3.05, 3.63) is 42.2 Å². The average molecular weight is 267 g/mol. The van der Waals surface area contributed by atoms with Crippen molar-refractivity contribution in [2.24, 2.45) is 17.8 Å². The fourth-order valence-electron chi connectivity index (χ4n) is 3.90. The number of rotatable bonds is 4. The molecule has 104 valence electrons. The fourth-order valence-corrected chi connectivity index (χ4v) is 3.90. The Morgan fingerprint density at radius 2 is 2.20 bits per heavy atom. The first-order chi connectivity index (χ1) is 9.79. The molecule has 1 aromatic carbocycles. The van der Waals surface area contributed by atoms with Crippen molar-refractivity contribution in [2.75, 3.05) is 0 Å². The quantitative estimate of drug-likeness (QED) is 0.835. The average Bonchev–Trinajstić information content (AvgIpc) is 3.18. The number of nitrogens with one attached hydrogen (secondary N) is 2. The van der Waals surface area contributed by atoms with E-state index in [0.29, 0.717) is 6.04 Å². The highest BCUT2D eigenvalue weighted by molar-refractivity contribution is 5.74. The Kier molecular flexibility index (Phi) is 2.88. The lowest BCUT2D eigenvalue weighted by atomic mass is 9.87. The van der Waals surface area contributed by atoms with Gasteiger partial charge in [0.2, 0.25) is 0 Å². The lowest BCUT2D eigenvalue weighted by molar-refractivity contribution is 0.324. The molecule has 0 radical (unpaired) electrons. The first-order valence-electron chi connectivity index (χ1n) is 7.65. The Morgan fingerprint density at radius 1 is 1.30 bits per heavy atom. The number of allylic oxidation sites excluding steroid dienone is 2. The molecular formula is C17H21N3. The largest absolute Gasteiger partial charge is 0.341 e. The van der Waals surface area contributed by atoms with Crippen molar-refractivity contribution in [1.82, 2.24) is 15.3 Å². The molecule has 2 N–H and O–H groups in total. The van der Waals surface area contributed by atoms with Crippen LogP contribution in [-0.4, -0.2) is 16.0 Å². The third kappa shape index (κ3) is 2.06. The second-order valence-electron chi connectivity index (χ2n) is 6.31. The van der Waals surface area contributed by atoms with Crippen molar-refractivity contribution in [3.63, 3.8) is 0 Å². The molecule has 2 aliphatic rings. The van der Waals surface area contributed by atoms with Crippen LogP contribution in [0, 0.1) is 17.8 Å². The summed E-state index contributed by atoms with van der Waals surface area (Å²) in [5, 5.41) is 3.66. The molecule has 20 heavy (non-hydrogen) atoms. The van der Waals surface area contributed by atoms with Crippen molar-refractivity contribution in [2.45, 2.75) is 32.4 Å². The van der Waals surface area contributed by atoms with Gasteiger partial charge in [0.25, 0.3) is 0 Å². The first-order valence-corrected chi connectivity index (χ1v) is 7.65. The van der Waals surface area contributed by atoms with Gasteiger partial charge in [-0.25, -0.2) is 4.98 Å². The summed E-state index contributed by atoms with van der Waals surface area (Å²) in [6, 6.07) is 8.77. The van der Waals surface area contributed by atoms with Gasteiger partial charge in [0.05, 0.1) is 17.6 Å². The van der Waals surface area contributed by atoms with E-state index in [9.17, 15) is 0 Å². The summed E-state index contributed by atoms with van der Waals surface area (Å²) in [6.45, 7) is 3.15. The third-order valence-corrected chi connectivity index (χ3v) is 5.00. The number of para-hydroxylation sites is 2. The molecule has 1 heterocycles. The number of imidazole rings is 1. The van der Waals surface area contributed by atoms with Gasteiger partial charge < -0.3 is 10.3 Å². The molecular weight excluding hydrogens is 246 g/mol. The fraction of sp³-hybridized carbons (Fsp3) is 0.471. The van der Waals surface area contributed by atoms with E-state index in [1.165, 1.54) is 12.8 Å². The van der Waals surface area contributed by atoms with Crippen LogP contribution in [0.2, 0.25) is 0 Å². The van der Waals surface area contributed by atoms with Gasteiger partial charge in [0.15, 0.2) is 0 Å². The summed E-state index contributed by atoms with van der Waals surface area (Å²) < 4.78 is 0. The topological polar surface area (TPSA) is 40.7 Å². The molecule has 4 rings (SSSR count). The van der Waals surface area contributed by atoms with E-state index in [2.05, 4.69) is 46.5 Å². The lowest BCUT2D eigenvalue weighted by Crippen LogP contribution is -2.35.